The fraction of sp³-hybridized carbons (Fsp3) is 0.167. The first kappa shape index (κ1) is 7.87. The zero-order valence-corrected chi connectivity index (χ0v) is 6.62. The van der Waals surface area contributed by atoms with Gasteiger partial charge in [0.05, 0.1) is 5.38 Å². The van der Waals surface area contributed by atoms with Crippen LogP contribution < -0.4 is 4.90 Å². The van der Waals surface area contributed by atoms with Crippen LogP contribution in [0.1, 0.15) is 0 Å². The topological polar surface area (TPSA) is 46.1 Å². The minimum atomic E-state index is 0.467. The largest absolute Gasteiger partial charge is 0.293 e. The van der Waals surface area contributed by atoms with Crippen LogP contribution in [0.3, 0.4) is 0 Å². The number of carbonyl (C=O) groups is 1. The van der Waals surface area contributed by atoms with Gasteiger partial charge in [-0.1, -0.05) is 10.6 Å². The molecule has 1 aromatic heterocycles. The van der Waals surface area contributed by atoms with Gasteiger partial charge in [0.25, 0.3) is 0 Å². The molecular weight excluding hydrogens is 162 g/mol. The summed E-state index contributed by atoms with van der Waals surface area (Å²) in [5, 5.41) is 5.43. The maximum Gasteiger partial charge on any atom is 0.215 e. The third kappa shape index (κ3) is 1.84. The highest BCUT2D eigenvalue weighted by Gasteiger charge is 2.04. The monoisotopic (exact) mass is 169 g/mol. The van der Waals surface area contributed by atoms with Crippen LogP contribution in [0.25, 0.3) is 0 Å². The van der Waals surface area contributed by atoms with Crippen molar-refractivity contribution in [1.82, 2.24) is 9.59 Å². The summed E-state index contributed by atoms with van der Waals surface area (Å²) in [6.45, 7) is 3.98. The van der Waals surface area contributed by atoms with E-state index in [9.17, 15) is 4.79 Å². The molecule has 0 aliphatic rings. The molecule has 0 radical (unpaired) electrons. The van der Waals surface area contributed by atoms with Crippen molar-refractivity contribution in [1.29, 1.82) is 0 Å². The average Bonchev–Trinajstić information content (AvgIpc) is 2.52. The van der Waals surface area contributed by atoms with E-state index in [0.717, 1.165) is 0 Å². The Morgan fingerprint density at radius 3 is 3.09 bits per heavy atom. The van der Waals surface area contributed by atoms with Crippen molar-refractivity contribution < 1.29 is 4.79 Å². The molecule has 0 N–H and O–H groups in total. The normalized spacial score (nSPS) is 9.09. The molecule has 4 nitrogen and oxygen atoms in total. The van der Waals surface area contributed by atoms with Gasteiger partial charge in [0.1, 0.15) is 0 Å². The van der Waals surface area contributed by atoms with Gasteiger partial charge in [-0.3, -0.25) is 9.69 Å². The van der Waals surface area contributed by atoms with Crippen LogP contribution in [0.4, 0.5) is 5.82 Å². The highest BCUT2D eigenvalue weighted by molar-refractivity contribution is 7.03. The molecule has 58 valence electrons. The van der Waals surface area contributed by atoms with E-state index in [-0.39, 0.29) is 0 Å². The second-order valence-electron chi connectivity index (χ2n) is 1.81. The zero-order valence-electron chi connectivity index (χ0n) is 5.80. The molecule has 5 heteroatoms. The van der Waals surface area contributed by atoms with Crippen molar-refractivity contribution in [2.24, 2.45) is 0 Å². The molecule has 0 fully saturated rings. The molecule has 0 spiro atoms. The number of rotatable bonds is 4. The summed E-state index contributed by atoms with van der Waals surface area (Å²) in [7, 11) is 0. The smallest absolute Gasteiger partial charge is 0.215 e. The minimum absolute atomic E-state index is 0.467. The van der Waals surface area contributed by atoms with Gasteiger partial charge >= 0.3 is 0 Å². The molecule has 0 aromatic carbocycles. The standard InChI is InChI=1S/C6H7N3OS/c1-2-3-9(5-10)6-4-11-8-7-6/h2,4-5H,1,3H2. The number of amides is 1. The number of carbonyl (C=O) groups excluding carboxylic acids is 1. The van der Waals surface area contributed by atoms with Gasteiger partial charge in [-0.15, -0.1) is 11.7 Å². The number of aromatic nitrogens is 2. The summed E-state index contributed by atoms with van der Waals surface area (Å²) < 4.78 is 3.63. The van der Waals surface area contributed by atoms with Gasteiger partial charge in [0.2, 0.25) is 6.41 Å². The lowest BCUT2D eigenvalue weighted by Crippen LogP contribution is -2.20. The Morgan fingerprint density at radius 1 is 1.82 bits per heavy atom. The number of nitrogens with zero attached hydrogens (tertiary/aromatic N) is 3. The lowest BCUT2D eigenvalue weighted by atomic mass is 10.5. The van der Waals surface area contributed by atoms with Crippen LogP contribution in [0.5, 0.6) is 0 Å². The molecule has 0 atom stereocenters. The lowest BCUT2D eigenvalue weighted by Gasteiger charge is -2.08. The maximum absolute atomic E-state index is 10.4. The molecule has 0 saturated carbocycles. The first-order chi connectivity index (χ1) is 5.38. The lowest BCUT2D eigenvalue weighted by molar-refractivity contribution is -0.107. The Kier molecular flexibility index (Phi) is 2.74. The van der Waals surface area contributed by atoms with E-state index in [0.29, 0.717) is 18.8 Å². The van der Waals surface area contributed by atoms with Crippen molar-refractivity contribution >= 4 is 23.8 Å². The van der Waals surface area contributed by atoms with Crippen LogP contribution in [-0.2, 0) is 4.79 Å². The van der Waals surface area contributed by atoms with Crippen LogP contribution >= 0.6 is 11.5 Å². The van der Waals surface area contributed by atoms with Crippen molar-refractivity contribution in [3.63, 3.8) is 0 Å². The number of anilines is 1. The fourth-order valence-corrected chi connectivity index (χ4v) is 1.07. The van der Waals surface area contributed by atoms with Crippen LogP contribution in [0.15, 0.2) is 18.0 Å². The Hall–Kier alpha value is -1.23. The molecule has 1 amide bonds. The molecule has 0 aliphatic heterocycles. The second kappa shape index (κ2) is 3.82. The third-order valence-corrected chi connectivity index (χ3v) is 1.59. The van der Waals surface area contributed by atoms with E-state index < -0.39 is 0 Å². The quantitative estimate of drug-likeness (QED) is 0.492. The average molecular weight is 169 g/mol. The number of hydrogen-bond acceptors (Lipinski definition) is 4. The summed E-state index contributed by atoms with van der Waals surface area (Å²) in [4.78, 5) is 11.8. The SMILES string of the molecule is C=CCN(C=O)c1csnn1. The molecule has 0 saturated heterocycles. The van der Waals surface area contributed by atoms with Gasteiger partial charge < -0.3 is 0 Å². The molecule has 0 bridgehead atoms. The molecule has 11 heavy (non-hydrogen) atoms. The highest BCUT2D eigenvalue weighted by Crippen LogP contribution is 2.08. The van der Waals surface area contributed by atoms with Gasteiger partial charge in [0, 0.05) is 6.54 Å². The van der Waals surface area contributed by atoms with E-state index in [2.05, 4.69) is 16.2 Å². The summed E-state index contributed by atoms with van der Waals surface area (Å²) in [6, 6.07) is 0. The highest BCUT2D eigenvalue weighted by atomic mass is 32.1. The predicted molar refractivity (Wildman–Crippen MR) is 43.5 cm³/mol. The summed E-state index contributed by atoms with van der Waals surface area (Å²) in [6.07, 6.45) is 2.34. The third-order valence-electron chi connectivity index (χ3n) is 1.10. The summed E-state index contributed by atoms with van der Waals surface area (Å²) in [5.41, 5.74) is 0. The summed E-state index contributed by atoms with van der Waals surface area (Å²) in [5.74, 6) is 0.574. The minimum Gasteiger partial charge on any atom is -0.293 e. The predicted octanol–water partition coefficient (Wildman–Crippen LogP) is 0.687. The van der Waals surface area contributed by atoms with Gasteiger partial charge in [-0.05, 0) is 11.5 Å². The zero-order chi connectivity index (χ0) is 8.10. The van der Waals surface area contributed by atoms with E-state index in [4.69, 9.17) is 0 Å². The Balaban J connectivity index is 2.70. The first-order valence-electron chi connectivity index (χ1n) is 2.98. The molecule has 0 aliphatic carbocycles. The van der Waals surface area contributed by atoms with E-state index in [1.54, 1.807) is 11.5 Å². The Bertz CT molecular complexity index is 234. The van der Waals surface area contributed by atoms with Crippen LogP contribution in [0.2, 0.25) is 0 Å². The Morgan fingerprint density at radius 2 is 2.64 bits per heavy atom. The number of hydrogen-bond donors (Lipinski definition) is 0. The van der Waals surface area contributed by atoms with Crippen LogP contribution in [-0.4, -0.2) is 22.5 Å². The van der Waals surface area contributed by atoms with Gasteiger partial charge in [-0.25, -0.2) is 0 Å². The van der Waals surface area contributed by atoms with Gasteiger partial charge in [-0.2, -0.15) is 0 Å². The van der Waals surface area contributed by atoms with Crippen molar-refractivity contribution in [3.05, 3.63) is 18.0 Å². The first-order valence-corrected chi connectivity index (χ1v) is 3.82. The fourth-order valence-electron chi connectivity index (χ4n) is 0.614. The van der Waals surface area contributed by atoms with Crippen molar-refractivity contribution in [2.45, 2.75) is 0 Å². The Labute approximate surface area is 68.3 Å². The summed E-state index contributed by atoms with van der Waals surface area (Å²) >= 11 is 1.21. The maximum atomic E-state index is 10.4. The van der Waals surface area contributed by atoms with E-state index in [1.165, 1.54) is 16.4 Å². The molecular formula is C6H7N3OS. The van der Waals surface area contributed by atoms with E-state index in [1.807, 2.05) is 0 Å². The molecule has 1 aromatic rings. The molecule has 0 unspecified atom stereocenters. The second-order valence-corrected chi connectivity index (χ2v) is 2.42. The van der Waals surface area contributed by atoms with Crippen molar-refractivity contribution in [2.75, 3.05) is 11.4 Å². The van der Waals surface area contributed by atoms with Gasteiger partial charge in [0.15, 0.2) is 5.82 Å². The van der Waals surface area contributed by atoms with Crippen LogP contribution in [0, 0.1) is 0 Å². The molecule has 1 rings (SSSR count). The van der Waals surface area contributed by atoms with E-state index >= 15 is 0 Å². The molecule has 1 heterocycles. The van der Waals surface area contributed by atoms with Crippen molar-refractivity contribution in [3.8, 4) is 0 Å².